The quantitative estimate of drug-likeness (QED) is 0.295. The fourth-order valence-corrected chi connectivity index (χ4v) is 1.98. The van der Waals surface area contributed by atoms with Gasteiger partial charge in [-0.1, -0.05) is 0 Å². The van der Waals surface area contributed by atoms with Crippen molar-refractivity contribution in [3.8, 4) is 0 Å². The van der Waals surface area contributed by atoms with Gasteiger partial charge in [-0.2, -0.15) is 5.01 Å². The fourth-order valence-electron chi connectivity index (χ4n) is 1.98. The number of aliphatic hydroxyl groups excluding tert-OH is 3. The average Bonchev–Trinajstić information content (AvgIpc) is 2.40. The predicted molar refractivity (Wildman–Crippen MR) is 65.1 cm³/mol. The van der Waals surface area contributed by atoms with Gasteiger partial charge in [-0.3, -0.25) is 0 Å². The Morgan fingerprint density at radius 3 is 2.45 bits per heavy atom. The first kappa shape index (κ1) is 16.7. The zero-order valence-electron chi connectivity index (χ0n) is 11.3. The SMILES string of the molecule is CN(N=O)C(=O)NC1(C)[C@H](O)[C@H](O)C(CO)O[C@]1(C)O. The van der Waals surface area contributed by atoms with Gasteiger partial charge in [-0.15, -0.1) is 4.91 Å². The molecule has 10 nitrogen and oxygen atoms in total. The second-order valence-corrected chi connectivity index (χ2v) is 4.99. The first-order valence-corrected chi connectivity index (χ1v) is 5.87. The van der Waals surface area contributed by atoms with Crippen LogP contribution in [0.1, 0.15) is 13.8 Å². The van der Waals surface area contributed by atoms with Crippen LogP contribution < -0.4 is 5.32 Å². The van der Waals surface area contributed by atoms with Crippen LogP contribution in [0.4, 0.5) is 4.79 Å². The molecule has 0 saturated carbocycles. The highest BCUT2D eigenvalue weighted by atomic mass is 16.6. The van der Waals surface area contributed by atoms with Crippen LogP contribution in [0, 0.1) is 4.91 Å². The molecule has 1 aliphatic rings. The number of rotatable bonds is 3. The minimum Gasteiger partial charge on any atom is -0.394 e. The zero-order valence-corrected chi connectivity index (χ0v) is 11.3. The largest absolute Gasteiger partial charge is 0.394 e. The van der Waals surface area contributed by atoms with Gasteiger partial charge in [-0.25, -0.2) is 4.79 Å². The van der Waals surface area contributed by atoms with Gasteiger partial charge in [-0.05, 0) is 13.8 Å². The average molecular weight is 293 g/mol. The fraction of sp³-hybridized carbons (Fsp3) is 0.900. The molecule has 0 aromatic heterocycles. The lowest BCUT2D eigenvalue weighted by Gasteiger charge is -2.53. The lowest BCUT2D eigenvalue weighted by atomic mass is 9.79. The summed E-state index contributed by atoms with van der Waals surface area (Å²) < 4.78 is 5.09. The number of aliphatic hydroxyl groups is 4. The van der Waals surface area contributed by atoms with E-state index in [1.54, 1.807) is 0 Å². The molecule has 10 heteroatoms. The van der Waals surface area contributed by atoms with E-state index in [0.29, 0.717) is 5.01 Å². The van der Waals surface area contributed by atoms with Gasteiger partial charge in [0.25, 0.3) is 0 Å². The van der Waals surface area contributed by atoms with E-state index in [1.165, 1.54) is 6.92 Å². The van der Waals surface area contributed by atoms with Crippen LogP contribution in [0.5, 0.6) is 0 Å². The molecule has 1 heterocycles. The maximum Gasteiger partial charge on any atom is 0.340 e. The summed E-state index contributed by atoms with van der Waals surface area (Å²) in [5, 5.41) is 44.2. The normalized spacial score (nSPS) is 41.0. The smallest absolute Gasteiger partial charge is 0.340 e. The number of amides is 2. The molecule has 20 heavy (non-hydrogen) atoms. The van der Waals surface area contributed by atoms with Gasteiger partial charge in [0.15, 0.2) is 5.79 Å². The van der Waals surface area contributed by atoms with Crippen molar-refractivity contribution in [2.75, 3.05) is 13.7 Å². The van der Waals surface area contributed by atoms with Crippen LogP contribution in [0.2, 0.25) is 0 Å². The van der Waals surface area contributed by atoms with Crippen LogP contribution in [0.25, 0.3) is 0 Å². The van der Waals surface area contributed by atoms with E-state index >= 15 is 0 Å². The van der Waals surface area contributed by atoms with Gasteiger partial charge >= 0.3 is 6.03 Å². The number of urea groups is 1. The zero-order chi connectivity index (χ0) is 15.7. The topological polar surface area (TPSA) is 152 Å². The Balaban J connectivity index is 3.06. The molecule has 2 amide bonds. The highest BCUT2D eigenvalue weighted by molar-refractivity contribution is 5.74. The molecule has 1 saturated heterocycles. The van der Waals surface area contributed by atoms with Gasteiger partial charge in [0.1, 0.15) is 23.9 Å². The summed E-state index contributed by atoms with van der Waals surface area (Å²) >= 11 is 0. The molecule has 0 bridgehead atoms. The lowest BCUT2D eigenvalue weighted by molar-refractivity contribution is -0.335. The minimum atomic E-state index is -2.10. The summed E-state index contributed by atoms with van der Waals surface area (Å²) in [6.45, 7) is 1.75. The first-order valence-electron chi connectivity index (χ1n) is 5.87. The van der Waals surface area contributed by atoms with Gasteiger partial charge in [0.2, 0.25) is 0 Å². The monoisotopic (exact) mass is 293 g/mol. The number of hydrogen-bond acceptors (Lipinski definition) is 8. The molecule has 116 valence electrons. The Labute approximate surface area is 114 Å². The third kappa shape index (κ3) is 2.60. The Hall–Kier alpha value is -1.33. The molecule has 0 aromatic carbocycles. The Morgan fingerprint density at radius 1 is 1.45 bits per heavy atom. The van der Waals surface area contributed by atoms with Crippen LogP contribution in [-0.2, 0) is 4.74 Å². The predicted octanol–water partition coefficient (Wildman–Crippen LogP) is -2.11. The van der Waals surface area contributed by atoms with E-state index in [0.717, 1.165) is 14.0 Å². The number of carbonyl (C=O) groups is 1. The second-order valence-electron chi connectivity index (χ2n) is 4.99. The standard InChI is InChI=1S/C10H19N3O7/c1-9(11-8(17)13(3)12-19)7(16)6(15)5(4-14)20-10(9,2)18/h5-7,14-16,18H,4H2,1-3H3,(H,11,17)/t5?,6-,7-,9?,10+/m1/s1. The van der Waals surface area contributed by atoms with Crippen molar-refractivity contribution in [2.45, 2.75) is 43.5 Å². The van der Waals surface area contributed by atoms with E-state index in [2.05, 4.69) is 10.6 Å². The van der Waals surface area contributed by atoms with E-state index in [9.17, 15) is 25.0 Å². The molecule has 5 atom stereocenters. The Morgan fingerprint density at radius 2 is 2.00 bits per heavy atom. The Kier molecular flexibility index (Phi) is 4.66. The molecule has 0 aliphatic carbocycles. The van der Waals surface area contributed by atoms with E-state index in [1.807, 2.05) is 0 Å². The number of hydrogen-bond donors (Lipinski definition) is 5. The molecule has 1 aliphatic heterocycles. The third-order valence-corrected chi connectivity index (χ3v) is 3.60. The van der Waals surface area contributed by atoms with Gasteiger partial charge in [0, 0.05) is 7.05 Å². The van der Waals surface area contributed by atoms with E-state index in [-0.39, 0.29) is 0 Å². The molecule has 5 N–H and O–H groups in total. The third-order valence-electron chi connectivity index (χ3n) is 3.60. The molecule has 1 rings (SSSR count). The number of nitrogens with one attached hydrogen (secondary N) is 1. The summed E-state index contributed by atoms with van der Waals surface area (Å²) in [6, 6.07) is -1.000. The summed E-state index contributed by atoms with van der Waals surface area (Å²) in [4.78, 5) is 21.9. The molecular weight excluding hydrogens is 274 g/mol. The maximum atomic E-state index is 11.7. The van der Waals surface area contributed by atoms with Crippen molar-refractivity contribution in [3.63, 3.8) is 0 Å². The van der Waals surface area contributed by atoms with Crippen molar-refractivity contribution >= 4 is 6.03 Å². The number of nitrogens with zero attached hydrogens (tertiary/aromatic N) is 2. The second kappa shape index (κ2) is 5.58. The number of carbonyl (C=O) groups excluding carboxylic acids is 1. The summed E-state index contributed by atoms with van der Waals surface area (Å²) in [6.07, 6.45) is -4.40. The highest BCUT2D eigenvalue weighted by Crippen LogP contribution is 2.36. The molecule has 0 spiro atoms. The minimum absolute atomic E-state index is 0.415. The first-order chi connectivity index (χ1) is 9.10. The van der Waals surface area contributed by atoms with Crippen molar-refractivity contribution < 1.29 is 30.0 Å². The van der Waals surface area contributed by atoms with Crippen LogP contribution in [0.15, 0.2) is 5.29 Å². The molecule has 1 fully saturated rings. The molecular formula is C10H19N3O7. The molecule has 0 aromatic rings. The number of nitroso groups, excluding NO2 is 1. The maximum absolute atomic E-state index is 11.7. The Bertz CT molecular complexity index is 391. The lowest BCUT2D eigenvalue weighted by Crippen LogP contribution is -2.77. The summed E-state index contributed by atoms with van der Waals surface area (Å²) in [5.41, 5.74) is -1.83. The van der Waals surface area contributed by atoms with Crippen molar-refractivity contribution in [2.24, 2.45) is 5.29 Å². The van der Waals surface area contributed by atoms with Crippen molar-refractivity contribution in [3.05, 3.63) is 4.91 Å². The van der Waals surface area contributed by atoms with E-state index < -0.39 is 42.3 Å². The van der Waals surface area contributed by atoms with E-state index in [4.69, 9.17) is 9.84 Å². The van der Waals surface area contributed by atoms with Gasteiger partial charge < -0.3 is 30.5 Å². The summed E-state index contributed by atoms with van der Waals surface area (Å²) in [7, 11) is 1.07. The van der Waals surface area contributed by atoms with Gasteiger partial charge in [0.05, 0.1) is 11.9 Å². The van der Waals surface area contributed by atoms with Crippen LogP contribution in [0.3, 0.4) is 0 Å². The summed E-state index contributed by atoms with van der Waals surface area (Å²) in [5.74, 6) is -2.10. The van der Waals surface area contributed by atoms with Crippen molar-refractivity contribution in [1.82, 2.24) is 10.3 Å². The van der Waals surface area contributed by atoms with Crippen LogP contribution in [-0.4, -0.2) is 74.8 Å². The van der Waals surface area contributed by atoms with Crippen LogP contribution >= 0.6 is 0 Å². The van der Waals surface area contributed by atoms with Crippen molar-refractivity contribution in [1.29, 1.82) is 0 Å². The highest BCUT2D eigenvalue weighted by Gasteiger charge is 2.59. The number of ether oxygens (including phenoxy) is 1. The molecule has 0 radical (unpaired) electrons. The molecule has 2 unspecified atom stereocenters.